The zero-order valence-corrected chi connectivity index (χ0v) is 10.8. The molecule has 18 heavy (non-hydrogen) atoms. The van der Waals surface area contributed by atoms with Gasteiger partial charge in [-0.2, -0.15) is 5.26 Å². The number of aromatic nitrogens is 1. The monoisotopic (exact) mass is 247 g/mol. The SMILES string of the molecule is CCC(CNc1nc(C)cc(C)c1C#N)C(=O)O. The lowest BCUT2D eigenvalue weighted by Gasteiger charge is -2.13. The molecule has 0 saturated carbocycles. The number of anilines is 1. The molecule has 1 aromatic rings. The Kier molecular flexibility index (Phi) is 4.67. The summed E-state index contributed by atoms with van der Waals surface area (Å²) in [5.41, 5.74) is 2.12. The first-order valence-corrected chi connectivity index (χ1v) is 5.84. The van der Waals surface area contributed by atoms with E-state index in [1.54, 1.807) is 0 Å². The quantitative estimate of drug-likeness (QED) is 0.832. The smallest absolute Gasteiger partial charge is 0.308 e. The maximum absolute atomic E-state index is 10.9. The molecule has 0 fully saturated rings. The molecule has 0 aliphatic heterocycles. The number of carbonyl (C=O) groups is 1. The summed E-state index contributed by atoms with van der Waals surface area (Å²) in [5.74, 6) is -0.846. The van der Waals surface area contributed by atoms with Crippen LogP contribution in [0.3, 0.4) is 0 Å². The van der Waals surface area contributed by atoms with Gasteiger partial charge in [-0.3, -0.25) is 4.79 Å². The van der Waals surface area contributed by atoms with Crippen LogP contribution >= 0.6 is 0 Å². The van der Waals surface area contributed by atoms with Crippen molar-refractivity contribution in [2.24, 2.45) is 5.92 Å². The third-order valence-electron chi connectivity index (χ3n) is 2.81. The van der Waals surface area contributed by atoms with E-state index in [1.165, 1.54) is 0 Å². The minimum Gasteiger partial charge on any atom is -0.481 e. The lowest BCUT2D eigenvalue weighted by atomic mass is 10.1. The number of hydrogen-bond acceptors (Lipinski definition) is 4. The number of aryl methyl sites for hydroxylation is 2. The number of pyridine rings is 1. The first-order chi connectivity index (χ1) is 8.49. The van der Waals surface area contributed by atoms with Crippen molar-refractivity contribution in [2.75, 3.05) is 11.9 Å². The average Bonchev–Trinajstić information content (AvgIpc) is 2.28. The van der Waals surface area contributed by atoms with Crippen LogP contribution in [0.1, 0.15) is 30.2 Å². The lowest BCUT2D eigenvalue weighted by Crippen LogP contribution is -2.23. The number of nitriles is 1. The van der Waals surface area contributed by atoms with Gasteiger partial charge in [-0.1, -0.05) is 6.92 Å². The molecule has 0 aliphatic rings. The summed E-state index contributed by atoms with van der Waals surface area (Å²) < 4.78 is 0. The molecule has 96 valence electrons. The minimum atomic E-state index is -0.840. The molecule has 0 spiro atoms. The molecule has 0 saturated heterocycles. The average molecular weight is 247 g/mol. The molecule has 5 heteroatoms. The fraction of sp³-hybridized carbons (Fsp3) is 0.462. The summed E-state index contributed by atoms with van der Waals surface area (Å²) >= 11 is 0. The zero-order chi connectivity index (χ0) is 13.7. The van der Waals surface area contributed by atoms with Crippen molar-refractivity contribution in [1.82, 2.24) is 4.98 Å². The van der Waals surface area contributed by atoms with E-state index < -0.39 is 11.9 Å². The Bertz CT molecular complexity index is 492. The van der Waals surface area contributed by atoms with Gasteiger partial charge < -0.3 is 10.4 Å². The van der Waals surface area contributed by atoms with E-state index in [1.807, 2.05) is 26.8 Å². The zero-order valence-electron chi connectivity index (χ0n) is 10.8. The fourth-order valence-corrected chi connectivity index (χ4v) is 1.73. The fourth-order valence-electron chi connectivity index (χ4n) is 1.73. The molecule has 1 atom stereocenters. The Morgan fingerprint density at radius 1 is 1.61 bits per heavy atom. The molecule has 1 aromatic heterocycles. The standard InChI is InChI=1S/C13H17N3O2/c1-4-10(13(17)18)7-15-12-11(6-14)8(2)5-9(3)16-12/h5,10H,4,7H2,1-3H3,(H,15,16)(H,17,18). The van der Waals surface area contributed by atoms with Crippen LogP contribution in [0.25, 0.3) is 0 Å². The largest absolute Gasteiger partial charge is 0.481 e. The van der Waals surface area contributed by atoms with Crippen molar-refractivity contribution in [3.63, 3.8) is 0 Å². The molecule has 1 heterocycles. The van der Waals surface area contributed by atoms with Crippen LogP contribution in [0.15, 0.2) is 6.07 Å². The molecule has 1 rings (SSSR count). The summed E-state index contributed by atoms with van der Waals surface area (Å²) in [5, 5.41) is 21.0. The molecule has 0 aromatic carbocycles. The summed E-state index contributed by atoms with van der Waals surface area (Å²) in [6.07, 6.45) is 0.537. The van der Waals surface area contributed by atoms with Crippen molar-refractivity contribution >= 4 is 11.8 Å². The van der Waals surface area contributed by atoms with Crippen molar-refractivity contribution in [2.45, 2.75) is 27.2 Å². The summed E-state index contributed by atoms with van der Waals surface area (Å²) in [7, 11) is 0. The normalized spacial score (nSPS) is 11.7. The van der Waals surface area contributed by atoms with Gasteiger partial charge in [0.15, 0.2) is 0 Å². The van der Waals surface area contributed by atoms with Crippen LogP contribution in [0.2, 0.25) is 0 Å². The number of nitrogens with zero attached hydrogens (tertiary/aromatic N) is 2. The Labute approximate surface area is 106 Å². The highest BCUT2D eigenvalue weighted by Gasteiger charge is 2.16. The van der Waals surface area contributed by atoms with E-state index in [0.29, 0.717) is 17.8 Å². The second-order valence-corrected chi connectivity index (χ2v) is 4.24. The Balaban J connectivity index is 2.91. The third-order valence-corrected chi connectivity index (χ3v) is 2.81. The van der Waals surface area contributed by atoms with Crippen molar-refractivity contribution in [1.29, 1.82) is 5.26 Å². The molecule has 1 unspecified atom stereocenters. The Hall–Kier alpha value is -2.09. The molecule has 2 N–H and O–H groups in total. The second kappa shape index (κ2) is 6.01. The maximum Gasteiger partial charge on any atom is 0.308 e. The van der Waals surface area contributed by atoms with Gasteiger partial charge >= 0.3 is 5.97 Å². The molecule has 0 amide bonds. The van der Waals surface area contributed by atoms with Gasteiger partial charge in [-0.25, -0.2) is 4.98 Å². The predicted molar refractivity (Wildman–Crippen MR) is 68.3 cm³/mol. The van der Waals surface area contributed by atoms with Crippen LogP contribution < -0.4 is 5.32 Å². The van der Waals surface area contributed by atoms with Crippen LogP contribution in [0, 0.1) is 31.1 Å². The third kappa shape index (κ3) is 3.20. The van der Waals surface area contributed by atoms with Gasteiger partial charge in [-0.15, -0.1) is 0 Å². The van der Waals surface area contributed by atoms with E-state index in [-0.39, 0.29) is 6.54 Å². The first-order valence-electron chi connectivity index (χ1n) is 5.84. The van der Waals surface area contributed by atoms with E-state index >= 15 is 0 Å². The number of nitrogens with one attached hydrogen (secondary N) is 1. The van der Waals surface area contributed by atoms with E-state index in [0.717, 1.165) is 11.3 Å². The molecule has 0 bridgehead atoms. The maximum atomic E-state index is 10.9. The van der Waals surface area contributed by atoms with Crippen molar-refractivity contribution < 1.29 is 9.90 Å². The highest BCUT2D eigenvalue weighted by Crippen LogP contribution is 2.18. The Morgan fingerprint density at radius 3 is 2.78 bits per heavy atom. The van der Waals surface area contributed by atoms with Gasteiger partial charge in [-0.05, 0) is 31.9 Å². The van der Waals surface area contributed by atoms with E-state index in [9.17, 15) is 4.79 Å². The van der Waals surface area contributed by atoms with Gasteiger partial charge in [0.25, 0.3) is 0 Å². The molecule has 5 nitrogen and oxygen atoms in total. The van der Waals surface area contributed by atoms with Crippen LogP contribution in [-0.4, -0.2) is 22.6 Å². The van der Waals surface area contributed by atoms with E-state index in [2.05, 4.69) is 16.4 Å². The summed E-state index contributed by atoms with van der Waals surface area (Å²) in [6.45, 7) is 5.78. The second-order valence-electron chi connectivity index (χ2n) is 4.24. The molecular weight excluding hydrogens is 230 g/mol. The van der Waals surface area contributed by atoms with Crippen LogP contribution in [0.5, 0.6) is 0 Å². The first kappa shape index (κ1) is 14.0. The van der Waals surface area contributed by atoms with Gasteiger partial charge in [0.05, 0.1) is 11.5 Å². The molecule has 0 aliphatic carbocycles. The Morgan fingerprint density at radius 2 is 2.28 bits per heavy atom. The van der Waals surface area contributed by atoms with Crippen LogP contribution in [-0.2, 0) is 4.79 Å². The highest BCUT2D eigenvalue weighted by atomic mass is 16.4. The highest BCUT2D eigenvalue weighted by molar-refractivity contribution is 5.71. The van der Waals surface area contributed by atoms with Gasteiger partial charge in [0.2, 0.25) is 0 Å². The van der Waals surface area contributed by atoms with Gasteiger partial charge in [0, 0.05) is 12.2 Å². The van der Waals surface area contributed by atoms with Crippen molar-refractivity contribution in [3.8, 4) is 6.07 Å². The van der Waals surface area contributed by atoms with E-state index in [4.69, 9.17) is 10.4 Å². The summed E-state index contributed by atoms with van der Waals surface area (Å²) in [4.78, 5) is 15.2. The molecule has 0 radical (unpaired) electrons. The lowest BCUT2D eigenvalue weighted by molar-refractivity contribution is -0.141. The van der Waals surface area contributed by atoms with Crippen molar-refractivity contribution in [3.05, 3.63) is 22.9 Å². The molecular formula is C13H17N3O2. The minimum absolute atomic E-state index is 0.274. The van der Waals surface area contributed by atoms with Crippen LogP contribution in [0.4, 0.5) is 5.82 Å². The predicted octanol–water partition coefficient (Wildman–Crippen LogP) is 2.09. The summed E-state index contributed by atoms with van der Waals surface area (Å²) in [6, 6.07) is 3.92. The number of carboxylic acid groups (broad SMARTS) is 1. The topological polar surface area (TPSA) is 86.0 Å². The number of carboxylic acids is 1. The van der Waals surface area contributed by atoms with Gasteiger partial charge in [0.1, 0.15) is 11.9 Å². The number of aliphatic carboxylic acids is 1. The number of rotatable bonds is 5. The number of hydrogen-bond donors (Lipinski definition) is 2.